The van der Waals surface area contributed by atoms with Gasteiger partial charge in [0.1, 0.15) is 5.76 Å². The van der Waals surface area contributed by atoms with Gasteiger partial charge in [0.05, 0.1) is 6.26 Å². The SMILES string of the molecule is Cc1ccc(Br)cc1NC(=O)/C=C/c1ccco1. The Kier molecular flexibility index (Phi) is 3.99. The first kappa shape index (κ1) is 12.6. The van der Waals surface area contributed by atoms with Crippen LogP contribution in [0, 0.1) is 6.92 Å². The van der Waals surface area contributed by atoms with Crippen LogP contribution in [-0.2, 0) is 4.79 Å². The van der Waals surface area contributed by atoms with Gasteiger partial charge in [-0.1, -0.05) is 22.0 Å². The zero-order chi connectivity index (χ0) is 13.0. The van der Waals surface area contributed by atoms with E-state index in [1.54, 1.807) is 24.5 Å². The quantitative estimate of drug-likeness (QED) is 0.871. The first-order chi connectivity index (χ1) is 8.65. The van der Waals surface area contributed by atoms with Gasteiger partial charge in [0.2, 0.25) is 5.91 Å². The number of nitrogens with one attached hydrogen (secondary N) is 1. The molecule has 1 aromatic heterocycles. The van der Waals surface area contributed by atoms with E-state index < -0.39 is 0 Å². The van der Waals surface area contributed by atoms with E-state index in [1.807, 2.05) is 25.1 Å². The smallest absolute Gasteiger partial charge is 0.248 e. The normalized spacial score (nSPS) is 10.8. The molecule has 1 heterocycles. The van der Waals surface area contributed by atoms with Gasteiger partial charge in [-0.05, 0) is 42.8 Å². The first-order valence-corrected chi connectivity index (χ1v) is 6.23. The molecule has 18 heavy (non-hydrogen) atoms. The molecule has 2 aromatic rings. The Balaban J connectivity index is 2.05. The van der Waals surface area contributed by atoms with Gasteiger partial charge in [-0.25, -0.2) is 0 Å². The molecule has 0 aliphatic rings. The Morgan fingerprint density at radius 2 is 2.22 bits per heavy atom. The monoisotopic (exact) mass is 305 g/mol. The summed E-state index contributed by atoms with van der Waals surface area (Å²) in [5.41, 5.74) is 1.80. The number of carbonyl (C=O) groups is 1. The van der Waals surface area contributed by atoms with E-state index in [0.717, 1.165) is 15.7 Å². The molecule has 2 rings (SSSR count). The van der Waals surface area contributed by atoms with Crippen molar-refractivity contribution in [3.05, 3.63) is 58.5 Å². The van der Waals surface area contributed by atoms with Gasteiger partial charge in [-0.15, -0.1) is 0 Å². The molecule has 0 fully saturated rings. The molecule has 1 aromatic carbocycles. The number of hydrogen-bond donors (Lipinski definition) is 1. The van der Waals surface area contributed by atoms with Crippen LogP contribution in [0.25, 0.3) is 6.08 Å². The lowest BCUT2D eigenvalue weighted by atomic mass is 10.2. The molecule has 92 valence electrons. The maximum atomic E-state index is 11.7. The van der Waals surface area contributed by atoms with Crippen molar-refractivity contribution in [2.24, 2.45) is 0 Å². The van der Waals surface area contributed by atoms with Crippen LogP contribution in [0.1, 0.15) is 11.3 Å². The van der Waals surface area contributed by atoms with Gasteiger partial charge < -0.3 is 9.73 Å². The van der Waals surface area contributed by atoms with Crippen LogP contribution in [0.15, 0.2) is 51.6 Å². The summed E-state index contributed by atoms with van der Waals surface area (Å²) >= 11 is 3.37. The minimum Gasteiger partial charge on any atom is -0.465 e. The Hall–Kier alpha value is -1.81. The Labute approximate surface area is 114 Å². The number of furan rings is 1. The molecule has 1 N–H and O–H groups in total. The van der Waals surface area contributed by atoms with Gasteiger partial charge in [0, 0.05) is 16.2 Å². The second-order valence-corrected chi connectivity index (χ2v) is 4.71. The van der Waals surface area contributed by atoms with E-state index >= 15 is 0 Å². The Bertz CT molecular complexity index is 573. The van der Waals surface area contributed by atoms with Crippen molar-refractivity contribution >= 4 is 33.6 Å². The lowest BCUT2D eigenvalue weighted by molar-refractivity contribution is -0.111. The van der Waals surface area contributed by atoms with Gasteiger partial charge in [-0.3, -0.25) is 4.79 Å². The summed E-state index contributed by atoms with van der Waals surface area (Å²) in [6, 6.07) is 9.30. The van der Waals surface area contributed by atoms with Gasteiger partial charge in [-0.2, -0.15) is 0 Å². The fourth-order valence-electron chi connectivity index (χ4n) is 1.45. The maximum Gasteiger partial charge on any atom is 0.248 e. The van der Waals surface area contributed by atoms with E-state index in [0.29, 0.717) is 5.76 Å². The van der Waals surface area contributed by atoms with Crippen molar-refractivity contribution in [1.29, 1.82) is 0 Å². The molecule has 0 saturated carbocycles. The first-order valence-electron chi connectivity index (χ1n) is 5.44. The predicted octanol–water partition coefficient (Wildman–Crippen LogP) is 4.00. The van der Waals surface area contributed by atoms with E-state index in [2.05, 4.69) is 21.2 Å². The van der Waals surface area contributed by atoms with Crippen molar-refractivity contribution in [2.75, 3.05) is 5.32 Å². The summed E-state index contributed by atoms with van der Waals surface area (Å²) in [5, 5.41) is 2.82. The van der Waals surface area contributed by atoms with E-state index in [9.17, 15) is 4.79 Å². The number of rotatable bonds is 3. The van der Waals surface area contributed by atoms with Crippen molar-refractivity contribution < 1.29 is 9.21 Å². The van der Waals surface area contributed by atoms with Crippen LogP contribution in [0.5, 0.6) is 0 Å². The second kappa shape index (κ2) is 5.69. The molecule has 0 aliphatic heterocycles. The summed E-state index contributed by atoms with van der Waals surface area (Å²) in [4.78, 5) is 11.7. The van der Waals surface area contributed by atoms with Gasteiger partial charge >= 0.3 is 0 Å². The molecular weight excluding hydrogens is 294 g/mol. The van der Waals surface area contributed by atoms with Gasteiger partial charge in [0.25, 0.3) is 0 Å². The van der Waals surface area contributed by atoms with Gasteiger partial charge in [0.15, 0.2) is 0 Å². The number of halogens is 1. The van der Waals surface area contributed by atoms with Crippen LogP contribution in [0.4, 0.5) is 5.69 Å². The van der Waals surface area contributed by atoms with Crippen molar-refractivity contribution in [3.8, 4) is 0 Å². The zero-order valence-electron chi connectivity index (χ0n) is 9.81. The van der Waals surface area contributed by atoms with Crippen LogP contribution >= 0.6 is 15.9 Å². The third kappa shape index (κ3) is 3.34. The fourth-order valence-corrected chi connectivity index (χ4v) is 1.81. The lowest BCUT2D eigenvalue weighted by Gasteiger charge is -2.06. The molecule has 0 saturated heterocycles. The van der Waals surface area contributed by atoms with E-state index in [-0.39, 0.29) is 5.91 Å². The lowest BCUT2D eigenvalue weighted by Crippen LogP contribution is -2.08. The largest absolute Gasteiger partial charge is 0.465 e. The second-order valence-electron chi connectivity index (χ2n) is 3.80. The average molecular weight is 306 g/mol. The number of carbonyl (C=O) groups excluding carboxylic acids is 1. The van der Waals surface area contributed by atoms with Crippen molar-refractivity contribution in [2.45, 2.75) is 6.92 Å². The minimum atomic E-state index is -0.187. The molecule has 0 aliphatic carbocycles. The summed E-state index contributed by atoms with van der Waals surface area (Å²) in [7, 11) is 0. The number of anilines is 1. The highest BCUT2D eigenvalue weighted by Gasteiger charge is 2.02. The maximum absolute atomic E-state index is 11.7. The predicted molar refractivity (Wildman–Crippen MR) is 75.3 cm³/mol. The summed E-state index contributed by atoms with van der Waals surface area (Å²) in [6.07, 6.45) is 4.64. The molecule has 0 atom stereocenters. The molecule has 4 heteroatoms. The zero-order valence-corrected chi connectivity index (χ0v) is 11.4. The molecule has 1 amide bonds. The summed E-state index contributed by atoms with van der Waals surface area (Å²) in [5.74, 6) is 0.462. The molecule has 3 nitrogen and oxygen atoms in total. The highest BCUT2D eigenvalue weighted by molar-refractivity contribution is 9.10. The van der Waals surface area contributed by atoms with Crippen LogP contribution < -0.4 is 5.32 Å². The highest BCUT2D eigenvalue weighted by atomic mass is 79.9. The number of aryl methyl sites for hydroxylation is 1. The van der Waals surface area contributed by atoms with Crippen LogP contribution in [0.3, 0.4) is 0 Å². The van der Waals surface area contributed by atoms with Crippen LogP contribution in [0.2, 0.25) is 0 Å². The van der Waals surface area contributed by atoms with Crippen molar-refractivity contribution in [1.82, 2.24) is 0 Å². The third-order valence-electron chi connectivity index (χ3n) is 2.40. The molecule has 0 bridgehead atoms. The highest BCUT2D eigenvalue weighted by Crippen LogP contribution is 2.20. The summed E-state index contributed by atoms with van der Waals surface area (Å²) in [6.45, 7) is 1.94. The number of amides is 1. The average Bonchev–Trinajstić information content (AvgIpc) is 2.84. The Morgan fingerprint density at radius 3 is 2.94 bits per heavy atom. The summed E-state index contributed by atoms with van der Waals surface area (Å²) < 4.78 is 6.03. The van der Waals surface area contributed by atoms with E-state index in [1.165, 1.54) is 6.08 Å². The van der Waals surface area contributed by atoms with E-state index in [4.69, 9.17) is 4.42 Å². The van der Waals surface area contributed by atoms with Crippen LogP contribution in [-0.4, -0.2) is 5.91 Å². The number of hydrogen-bond acceptors (Lipinski definition) is 2. The number of benzene rings is 1. The minimum absolute atomic E-state index is 0.187. The van der Waals surface area contributed by atoms with Crippen molar-refractivity contribution in [3.63, 3.8) is 0 Å². The third-order valence-corrected chi connectivity index (χ3v) is 2.89. The molecule has 0 unspecified atom stereocenters. The fraction of sp³-hybridized carbons (Fsp3) is 0.0714. The standard InChI is InChI=1S/C14H12BrNO2/c1-10-4-5-11(15)9-13(10)16-14(17)7-6-12-3-2-8-18-12/h2-9H,1H3,(H,16,17)/b7-6+. The molecular formula is C14H12BrNO2. The molecule has 0 radical (unpaired) electrons. The topological polar surface area (TPSA) is 42.2 Å². The molecule has 0 spiro atoms. The Morgan fingerprint density at radius 1 is 1.39 bits per heavy atom.